The summed E-state index contributed by atoms with van der Waals surface area (Å²) in [7, 11) is 3.75. The van der Waals surface area contributed by atoms with E-state index in [0.717, 1.165) is 76.9 Å². The molecule has 0 aliphatic rings. The monoisotopic (exact) mass is 1770 g/mol. The van der Waals surface area contributed by atoms with Crippen LogP contribution in [0.5, 0.6) is 0 Å². The molecule has 652 valence electrons. The van der Waals surface area contributed by atoms with Crippen molar-refractivity contribution in [2.45, 2.75) is 22.2 Å². The predicted octanol–water partition coefficient (Wildman–Crippen LogP) is 39.7. The molecule has 25 aromatic carbocycles. The standard InChI is InChI=1S/2C48H30O.C36H22O.3CH4/c1-2-13-32(14-3-1)42-30-46-43(37-18-10-11-24-45(37)49-46)29-44(42)48-40-21-8-6-19-38(40)47(39-20-7-9-22-41(39)48)34-27-25-33(26-28-34)36-23-12-16-31-15-4-5-17-35(31)36;1-2-13-33(14-3-1)42-30-46-43(37-16-10-11-21-45(37)49-46)29-44(42)48-40-19-8-6-17-38(40)47(39-18-7-9-20-41(39)48)34-25-22-32(23-26-34)36-27-24-31-12-4-5-15-35(31)28-36;1-2-10-24-21-25(18-17-23(24)9-1)35-28-12-3-5-14-30(28)36(31-15-6-4-13-29(31)35)26-19-20-34-32(22-26)27-11-7-8-16-33(27)37-34;;;/h2*1-30H;1-22H;3*1H4/i;;;3*1D. The van der Waals surface area contributed by atoms with E-state index in [2.05, 4.69) is 473 Å². The van der Waals surface area contributed by atoms with E-state index in [1.807, 2.05) is 24.3 Å². The normalized spacial score (nSPS) is 11.6. The van der Waals surface area contributed by atoms with Crippen LogP contribution >= 0.6 is 0 Å². The fourth-order valence-corrected chi connectivity index (χ4v) is 21.6. The lowest BCUT2D eigenvalue weighted by Gasteiger charge is -2.20. The van der Waals surface area contributed by atoms with Crippen LogP contribution in [0, 0.1) is 0 Å². The number of hydrogen-bond donors (Lipinski definition) is 0. The Morgan fingerprint density at radius 2 is 0.370 bits per heavy atom. The molecule has 3 nitrogen and oxygen atoms in total. The van der Waals surface area contributed by atoms with Crippen LogP contribution < -0.4 is 0 Å². The number of furan rings is 3. The summed E-state index contributed by atoms with van der Waals surface area (Å²) in [5.74, 6) is 0. The second kappa shape index (κ2) is 35.3. The molecule has 3 heteroatoms. The summed E-state index contributed by atoms with van der Waals surface area (Å²) in [5, 5.41) is 29.4. The van der Waals surface area contributed by atoms with Gasteiger partial charge >= 0.3 is 0 Å². The molecular formula is C135H94O3. The number of benzene rings is 25. The Morgan fingerprint density at radius 1 is 0.116 bits per heavy atom. The van der Waals surface area contributed by atoms with Gasteiger partial charge in [0.15, 0.2) is 0 Å². The first-order chi connectivity index (χ1) is 70.0. The van der Waals surface area contributed by atoms with Gasteiger partial charge < -0.3 is 13.3 Å². The molecular weight excluding hydrogens is 1670 g/mol. The van der Waals surface area contributed by atoms with Crippen molar-refractivity contribution < 1.29 is 17.4 Å². The zero-order chi connectivity index (χ0) is 95.0. The maximum atomic E-state index is 6.42. The zero-order valence-corrected chi connectivity index (χ0v) is 76.6. The van der Waals surface area contributed by atoms with Gasteiger partial charge in [0.1, 0.15) is 33.5 Å². The second-order valence-corrected chi connectivity index (χ2v) is 35.4. The Balaban J connectivity index is 0.000000116. The van der Waals surface area contributed by atoms with Crippen LogP contribution in [0.3, 0.4) is 0 Å². The van der Waals surface area contributed by atoms with Gasteiger partial charge in [0.2, 0.25) is 0 Å². The molecule has 0 fully saturated rings. The second-order valence-electron chi connectivity index (χ2n) is 35.4. The molecule has 0 bridgehead atoms. The number of para-hydroxylation sites is 3. The first-order valence-corrected chi connectivity index (χ1v) is 46.4. The molecule has 28 rings (SSSR count). The number of fused-ring (bicyclic) bond motifs is 18. The molecule has 28 aromatic rings. The summed E-state index contributed by atoms with van der Waals surface area (Å²) in [6, 6.07) is 180. The van der Waals surface area contributed by atoms with Crippen LogP contribution in [0.4, 0.5) is 0 Å². The van der Waals surface area contributed by atoms with Crippen molar-refractivity contribution in [3.05, 3.63) is 497 Å². The number of rotatable bonds is 10. The van der Waals surface area contributed by atoms with E-state index in [0.29, 0.717) is 0 Å². The highest BCUT2D eigenvalue weighted by molar-refractivity contribution is 6.27. The van der Waals surface area contributed by atoms with Gasteiger partial charge in [-0.1, -0.05) is 453 Å². The van der Waals surface area contributed by atoms with Crippen LogP contribution in [-0.2, 0) is 0 Å². The van der Waals surface area contributed by atoms with E-state index in [9.17, 15) is 0 Å². The lowest BCUT2D eigenvalue weighted by Crippen LogP contribution is -1.93. The first-order valence-electron chi connectivity index (χ1n) is 49.4. The van der Waals surface area contributed by atoms with Crippen LogP contribution in [0.1, 0.15) is 26.3 Å². The summed E-state index contributed by atoms with van der Waals surface area (Å²) in [6.45, 7) is 0. The van der Waals surface area contributed by atoms with E-state index < -0.39 is 0 Å². The van der Waals surface area contributed by atoms with Gasteiger partial charge in [0.05, 0.1) is 0 Å². The quantitative estimate of drug-likeness (QED) is 0.128. The molecule has 138 heavy (non-hydrogen) atoms. The van der Waals surface area contributed by atoms with E-state index >= 15 is 0 Å². The third-order valence-electron chi connectivity index (χ3n) is 27.8. The molecule has 0 atom stereocenters. The van der Waals surface area contributed by atoms with E-state index in [4.69, 9.17) is 17.4 Å². The molecule has 0 N–H and O–H groups in total. The predicted molar refractivity (Wildman–Crippen MR) is 593 cm³/mol. The Bertz CT molecular complexity index is 9450. The lowest BCUT2D eigenvalue weighted by molar-refractivity contribution is 0.668. The Hall–Kier alpha value is -17.8. The summed E-state index contributed by atoms with van der Waals surface area (Å²) in [6.07, 6.45) is 0. The van der Waals surface area contributed by atoms with Crippen LogP contribution in [0.25, 0.3) is 274 Å². The van der Waals surface area contributed by atoms with Crippen molar-refractivity contribution in [2.75, 3.05) is 0 Å². The summed E-state index contributed by atoms with van der Waals surface area (Å²) in [4.78, 5) is 0. The zero-order valence-electron chi connectivity index (χ0n) is 79.6. The average molecular weight is 1770 g/mol. The van der Waals surface area contributed by atoms with Crippen molar-refractivity contribution in [3.63, 3.8) is 0 Å². The summed E-state index contributed by atoms with van der Waals surface area (Å²) < 4.78 is 36.2. The molecule has 0 spiro atoms. The minimum atomic E-state index is 0.903. The largest absolute Gasteiger partial charge is 0.456 e. The van der Waals surface area contributed by atoms with Gasteiger partial charge in [0, 0.05) is 36.4 Å². The van der Waals surface area contributed by atoms with Crippen LogP contribution in [0.2, 0.25) is 0 Å². The molecule has 0 aliphatic heterocycles. The van der Waals surface area contributed by atoms with Crippen molar-refractivity contribution in [2.24, 2.45) is 0 Å². The molecule has 0 aliphatic carbocycles. The fourth-order valence-electron chi connectivity index (χ4n) is 21.6. The Morgan fingerprint density at radius 3 is 0.775 bits per heavy atom. The van der Waals surface area contributed by atoms with Gasteiger partial charge in [-0.15, -0.1) is 0 Å². The van der Waals surface area contributed by atoms with Crippen molar-refractivity contribution in [3.8, 4) is 111 Å². The topological polar surface area (TPSA) is 39.4 Å². The minimum absolute atomic E-state index is 0.903. The highest BCUT2D eigenvalue weighted by atomic mass is 16.3. The minimum Gasteiger partial charge on any atom is -0.456 e. The maximum absolute atomic E-state index is 6.42. The third-order valence-corrected chi connectivity index (χ3v) is 27.8. The third kappa shape index (κ3) is 14.5. The smallest absolute Gasteiger partial charge is 0.136 e. The van der Waals surface area contributed by atoms with Gasteiger partial charge in [-0.25, -0.2) is 0 Å². The number of hydrogen-bond acceptors (Lipinski definition) is 3. The van der Waals surface area contributed by atoms with Gasteiger partial charge in [0.25, 0.3) is 0 Å². The highest BCUT2D eigenvalue weighted by Crippen LogP contribution is 2.53. The maximum Gasteiger partial charge on any atom is 0.136 e. The SMILES string of the molecule is [2H]C.[2H]C.[2H]C.c1ccc(-c2cc3oc4ccccc4c3cc2-c2c3ccccc3c(-c3ccc(-c4ccc5ccccc5c4)cc3)c3ccccc23)cc1.c1ccc(-c2cc3oc4ccccc4c3cc2-c2c3ccccc3c(-c3ccc(-c4cccc5ccccc45)cc3)c3ccccc23)cc1.c1ccc2cc(-c3c4ccccc4c(-c4ccc5oc6ccccc6c5c4)c4ccccc34)ccc2c1. The molecule has 0 saturated carbocycles. The molecule has 3 aromatic heterocycles. The van der Waals surface area contributed by atoms with Crippen LogP contribution in [0.15, 0.2) is 511 Å². The molecule has 0 amide bonds. The van der Waals surface area contributed by atoms with Crippen molar-refractivity contribution >= 4 is 163 Å². The van der Waals surface area contributed by atoms with Crippen molar-refractivity contribution in [1.82, 2.24) is 0 Å². The first kappa shape index (κ1) is 81.0. The Labute approximate surface area is 805 Å². The van der Waals surface area contributed by atoms with E-state index in [1.165, 1.54) is 219 Å². The summed E-state index contributed by atoms with van der Waals surface area (Å²) in [5.41, 5.74) is 29.9. The van der Waals surface area contributed by atoms with Gasteiger partial charge in [-0.05, 0) is 275 Å². The van der Waals surface area contributed by atoms with E-state index in [-0.39, 0.29) is 0 Å². The highest BCUT2D eigenvalue weighted by Gasteiger charge is 2.26. The fraction of sp³-hybridized carbons (Fsp3) is 0.0222. The van der Waals surface area contributed by atoms with Gasteiger partial charge in [-0.2, -0.15) is 0 Å². The lowest BCUT2D eigenvalue weighted by atomic mass is 9.83. The molecule has 0 saturated heterocycles. The van der Waals surface area contributed by atoms with Crippen LogP contribution in [-0.4, -0.2) is 0 Å². The molecule has 0 unspecified atom stereocenters. The van der Waals surface area contributed by atoms with Gasteiger partial charge in [-0.3, -0.25) is 0 Å². The van der Waals surface area contributed by atoms with E-state index in [1.54, 1.807) is 0 Å². The summed E-state index contributed by atoms with van der Waals surface area (Å²) >= 11 is 0. The molecule has 3 heterocycles. The molecule has 0 radical (unpaired) electrons. The van der Waals surface area contributed by atoms with Crippen molar-refractivity contribution in [1.29, 1.82) is 0 Å². The average Bonchev–Trinajstić information content (AvgIpc) is 1.65. The Kier molecular flexibility index (Phi) is 20.7.